The van der Waals surface area contributed by atoms with Gasteiger partial charge in [-0.25, -0.2) is 18.9 Å². The number of aromatic carboxylic acids is 1. The third kappa shape index (κ3) is 2.47. The number of carboxylic acids is 1. The summed E-state index contributed by atoms with van der Waals surface area (Å²) >= 11 is 0. The molecule has 0 radical (unpaired) electrons. The molecule has 0 fully saturated rings. The molecule has 0 bridgehead atoms. The van der Waals surface area contributed by atoms with Gasteiger partial charge in [-0.15, -0.1) is 0 Å². The fourth-order valence-corrected chi connectivity index (χ4v) is 1.84. The Balaban J connectivity index is 2.64. The highest BCUT2D eigenvalue weighted by atomic mass is 19.1. The molecule has 0 aliphatic rings. The summed E-state index contributed by atoms with van der Waals surface area (Å²) < 4.78 is 14.6. The summed E-state index contributed by atoms with van der Waals surface area (Å²) in [5.74, 6) is -1.76. The minimum Gasteiger partial charge on any atom is -0.478 e. The zero-order valence-electron chi connectivity index (χ0n) is 10.7. The van der Waals surface area contributed by atoms with Crippen LogP contribution in [0.2, 0.25) is 0 Å². The van der Waals surface area contributed by atoms with Crippen LogP contribution in [0.1, 0.15) is 35.6 Å². The van der Waals surface area contributed by atoms with Crippen molar-refractivity contribution in [2.24, 2.45) is 0 Å². The van der Waals surface area contributed by atoms with Crippen LogP contribution in [0.15, 0.2) is 18.3 Å². The standard InChI is InChI=1S/C13H14FN3O2/c1-3-9-6-10(4-2)17(16-9)12-11(13(18)19)5-8(14)7-15-12/h5-7H,3-4H2,1-2H3,(H,18,19). The van der Waals surface area contributed by atoms with Gasteiger partial charge >= 0.3 is 5.97 Å². The average Bonchev–Trinajstić information content (AvgIpc) is 2.81. The van der Waals surface area contributed by atoms with Crippen molar-refractivity contribution in [2.45, 2.75) is 26.7 Å². The van der Waals surface area contributed by atoms with E-state index < -0.39 is 11.8 Å². The molecule has 0 amide bonds. The van der Waals surface area contributed by atoms with Crippen LogP contribution in [0.25, 0.3) is 5.82 Å². The van der Waals surface area contributed by atoms with E-state index in [1.54, 1.807) is 0 Å². The van der Waals surface area contributed by atoms with Crippen LogP contribution >= 0.6 is 0 Å². The molecule has 100 valence electrons. The van der Waals surface area contributed by atoms with Gasteiger partial charge in [-0.2, -0.15) is 5.10 Å². The Morgan fingerprint density at radius 1 is 1.37 bits per heavy atom. The van der Waals surface area contributed by atoms with E-state index in [-0.39, 0.29) is 11.4 Å². The highest BCUT2D eigenvalue weighted by molar-refractivity contribution is 5.91. The average molecular weight is 263 g/mol. The first-order valence-corrected chi connectivity index (χ1v) is 6.03. The topological polar surface area (TPSA) is 68.0 Å². The normalized spacial score (nSPS) is 10.7. The van der Waals surface area contributed by atoms with E-state index in [1.165, 1.54) is 4.68 Å². The van der Waals surface area contributed by atoms with Crippen molar-refractivity contribution < 1.29 is 14.3 Å². The molecule has 0 aliphatic carbocycles. The third-order valence-electron chi connectivity index (χ3n) is 2.82. The van der Waals surface area contributed by atoms with Gasteiger partial charge in [0.25, 0.3) is 0 Å². The molecule has 2 rings (SSSR count). The lowest BCUT2D eigenvalue weighted by Crippen LogP contribution is -2.11. The van der Waals surface area contributed by atoms with E-state index in [2.05, 4.69) is 10.1 Å². The third-order valence-corrected chi connectivity index (χ3v) is 2.82. The Hall–Kier alpha value is -2.24. The lowest BCUT2D eigenvalue weighted by Gasteiger charge is -2.08. The zero-order chi connectivity index (χ0) is 14.0. The van der Waals surface area contributed by atoms with Gasteiger partial charge in [0.1, 0.15) is 11.4 Å². The molecule has 6 heteroatoms. The first-order valence-electron chi connectivity index (χ1n) is 6.03. The summed E-state index contributed by atoms with van der Waals surface area (Å²) in [6.07, 6.45) is 2.42. The maximum absolute atomic E-state index is 13.1. The summed E-state index contributed by atoms with van der Waals surface area (Å²) in [5, 5.41) is 13.4. The SMILES string of the molecule is CCc1cc(CC)n(-c2ncc(F)cc2C(=O)O)n1. The summed E-state index contributed by atoms with van der Waals surface area (Å²) in [7, 11) is 0. The number of aromatic nitrogens is 3. The predicted octanol–water partition coefficient (Wildman–Crippen LogP) is 2.23. The van der Waals surface area contributed by atoms with Crippen LogP contribution in [0, 0.1) is 5.82 Å². The maximum atomic E-state index is 13.1. The minimum absolute atomic E-state index is 0.144. The van der Waals surface area contributed by atoms with Gasteiger partial charge in [0.05, 0.1) is 11.9 Å². The zero-order valence-corrected chi connectivity index (χ0v) is 10.7. The Morgan fingerprint density at radius 2 is 2.11 bits per heavy atom. The van der Waals surface area contributed by atoms with Gasteiger partial charge in [-0.1, -0.05) is 13.8 Å². The number of halogens is 1. The highest BCUT2D eigenvalue weighted by Crippen LogP contribution is 2.17. The second kappa shape index (κ2) is 5.17. The van der Waals surface area contributed by atoms with Gasteiger partial charge in [0.2, 0.25) is 0 Å². The quantitative estimate of drug-likeness (QED) is 0.918. The van der Waals surface area contributed by atoms with Crippen molar-refractivity contribution in [1.82, 2.24) is 14.8 Å². The Kier molecular flexibility index (Phi) is 3.59. The molecule has 5 nitrogen and oxygen atoms in total. The number of carbonyl (C=O) groups is 1. The second-order valence-electron chi connectivity index (χ2n) is 4.08. The Labute approximate surface area is 109 Å². The van der Waals surface area contributed by atoms with Gasteiger partial charge in [-0.3, -0.25) is 0 Å². The number of rotatable bonds is 4. The lowest BCUT2D eigenvalue weighted by molar-refractivity contribution is 0.0695. The highest BCUT2D eigenvalue weighted by Gasteiger charge is 2.18. The second-order valence-corrected chi connectivity index (χ2v) is 4.08. The molecule has 0 saturated heterocycles. The molecular formula is C13H14FN3O2. The van der Waals surface area contributed by atoms with E-state index in [4.69, 9.17) is 5.11 Å². The predicted molar refractivity (Wildman–Crippen MR) is 67.0 cm³/mol. The van der Waals surface area contributed by atoms with E-state index >= 15 is 0 Å². The Bertz CT molecular complexity index is 622. The van der Waals surface area contributed by atoms with Crippen molar-refractivity contribution in [2.75, 3.05) is 0 Å². The van der Waals surface area contributed by atoms with Gasteiger partial charge in [-0.05, 0) is 25.0 Å². The van der Waals surface area contributed by atoms with Crippen molar-refractivity contribution >= 4 is 5.97 Å². The van der Waals surface area contributed by atoms with E-state index in [9.17, 15) is 9.18 Å². The molecule has 2 heterocycles. The molecule has 2 aromatic rings. The Morgan fingerprint density at radius 3 is 2.68 bits per heavy atom. The molecule has 1 N–H and O–H groups in total. The van der Waals surface area contributed by atoms with Crippen LogP contribution in [-0.2, 0) is 12.8 Å². The molecule has 0 saturated carbocycles. The molecular weight excluding hydrogens is 249 g/mol. The molecule has 0 spiro atoms. The van der Waals surface area contributed by atoms with E-state index in [0.29, 0.717) is 6.42 Å². The van der Waals surface area contributed by atoms with Crippen molar-refractivity contribution in [1.29, 1.82) is 0 Å². The number of hydrogen-bond donors (Lipinski definition) is 1. The largest absolute Gasteiger partial charge is 0.478 e. The first kappa shape index (κ1) is 13.2. The van der Waals surface area contributed by atoms with Gasteiger partial charge < -0.3 is 5.11 Å². The van der Waals surface area contributed by atoms with Crippen LogP contribution < -0.4 is 0 Å². The summed E-state index contributed by atoms with van der Waals surface area (Å²) in [5.41, 5.74) is 1.50. The molecule has 0 aliphatic heterocycles. The minimum atomic E-state index is -1.22. The molecule has 0 unspecified atom stereocenters. The fourth-order valence-electron chi connectivity index (χ4n) is 1.84. The molecule has 2 aromatic heterocycles. The van der Waals surface area contributed by atoms with Crippen LogP contribution in [-0.4, -0.2) is 25.8 Å². The number of nitrogens with zero attached hydrogens (tertiary/aromatic N) is 3. The van der Waals surface area contributed by atoms with Crippen LogP contribution in [0.4, 0.5) is 4.39 Å². The summed E-state index contributed by atoms with van der Waals surface area (Å²) in [6, 6.07) is 2.86. The number of aryl methyl sites for hydroxylation is 2. The number of pyridine rings is 1. The molecule has 0 aromatic carbocycles. The van der Waals surface area contributed by atoms with Gasteiger partial charge in [0, 0.05) is 5.69 Å². The summed E-state index contributed by atoms with van der Waals surface area (Å²) in [4.78, 5) is 15.0. The lowest BCUT2D eigenvalue weighted by atomic mass is 10.2. The smallest absolute Gasteiger partial charge is 0.339 e. The van der Waals surface area contributed by atoms with Crippen molar-refractivity contribution in [3.8, 4) is 5.82 Å². The summed E-state index contributed by atoms with van der Waals surface area (Å²) in [6.45, 7) is 3.90. The fraction of sp³-hybridized carbons (Fsp3) is 0.308. The molecule has 19 heavy (non-hydrogen) atoms. The first-order chi connectivity index (χ1) is 9.06. The van der Waals surface area contributed by atoms with Gasteiger partial charge in [0.15, 0.2) is 5.82 Å². The van der Waals surface area contributed by atoms with Crippen molar-refractivity contribution in [3.05, 3.63) is 41.1 Å². The molecule has 0 atom stereocenters. The number of hydrogen-bond acceptors (Lipinski definition) is 3. The monoisotopic (exact) mass is 263 g/mol. The van der Waals surface area contributed by atoms with Crippen LogP contribution in [0.3, 0.4) is 0 Å². The van der Waals surface area contributed by atoms with Crippen molar-refractivity contribution in [3.63, 3.8) is 0 Å². The maximum Gasteiger partial charge on any atom is 0.339 e. The van der Waals surface area contributed by atoms with Crippen LogP contribution in [0.5, 0.6) is 0 Å². The van der Waals surface area contributed by atoms with E-state index in [1.807, 2.05) is 19.9 Å². The van der Waals surface area contributed by atoms with E-state index in [0.717, 1.165) is 30.1 Å². The number of carboxylic acid groups (broad SMARTS) is 1.